The quantitative estimate of drug-likeness (QED) is 0.432. The minimum Gasteiger partial charge on any atom is -0.357 e. The molecular weight excluding hydrogens is 474 g/mol. The summed E-state index contributed by atoms with van der Waals surface area (Å²) in [5.41, 5.74) is 1.24. The van der Waals surface area contributed by atoms with Crippen molar-refractivity contribution in [3.05, 3.63) is 71.4 Å². The fourth-order valence-corrected chi connectivity index (χ4v) is 9.70. The summed E-state index contributed by atoms with van der Waals surface area (Å²) >= 11 is 1.65. The largest absolute Gasteiger partial charge is 0.357 e. The number of fused-ring (bicyclic) bond motifs is 3. The van der Waals surface area contributed by atoms with Crippen LogP contribution in [0, 0.1) is 51.2 Å². The van der Waals surface area contributed by atoms with E-state index < -0.39 is 23.4 Å². The Morgan fingerprint density at radius 2 is 1.65 bits per heavy atom. The molecule has 0 unspecified atom stereocenters. The monoisotopic (exact) mass is 505 g/mol. The van der Waals surface area contributed by atoms with Gasteiger partial charge in [-0.15, -0.1) is 11.8 Å². The SMILES string of the molecule is CSc1cccc([C@@H]2[C@@H](C(=O)C34CC5CC(CC(C5)C3)C4)N3C=Cc4ccccc4[C@@H]3C2(C#N)C#N)c1. The Bertz CT molecular complexity index is 1350. The molecule has 0 spiro atoms. The molecule has 0 amide bonds. The second kappa shape index (κ2) is 8.24. The predicted molar refractivity (Wildman–Crippen MR) is 144 cm³/mol. The lowest BCUT2D eigenvalue weighted by atomic mass is 9.47. The molecule has 1 saturated heterocycles. The highest BCUT2D eigenvalue weighted by atomic mass is 32.2. The highest BCUT2D eigenvalue weighted by molar-refractivity contribution is 7.98. The Labute approximate surface area is 223 Å². The molecule has 2 aromatic rings. The molecular formula is C32H31N3OS. The number of thioether (sulfide) groups is 1. The average Bonchev–Trinajstić information content (AvgIpc) is 3.23. The lowest BCUT2D eigenvalue weighted by molar-refractivity contribution is -0.148. The second-order valence-electron chi connectivity index (χ2n) is 12.1. The van der Waals surface area contributed by atoms with Gasteiger partial charge in [0.2, 0.25) is 0 Å². The highest BCUT2D eigenvalue weighted by Gasteiger charge is 2.67. The number of nitrogens with zero attached hydrogens (tertiary/aromatic N) is 3. The fraction of sp³-hybridized carbons (Fsp3) is 0.469. The fourth-order valence-electron chi connectivity index (χ4n) is 9.23. The molecule has 4 bridgehead atoms. The van der Waals surface area contributed by atoms with Crippen LogP contribution < -0.4 is 0 Å². The number of benzene rings is 2. The number of carbonyl (C=O) groups is 1. The van der Waals surface area contributed by atoms with E-state index in [1.165, 1.54) is 19.3 Å². The molecule has 37 heavy (non-hydrogen) atoms. The molecule has 0 radical (unpaired) electrons. The summed E-state index contributed by atoms with van der Waals surface area (Å²) in [5, 5.41) is 21.7. The van der Waals surface area contributed by atoms with Crippen LogP contribution in [-0.2, 0) is 4.79 Å². The lowest BCUT2D eigenvalue weighted by Gasteiger charge is -2.57. The Balaban J connectivity index is 1.43. The summed E-state index contributed by atoms with van der Waals surface area (Å²) in [7, 11) is 0. The third-order valence-corrected chi connectivity index (χ3v) is 11.0. The van der Waals surface area contributed by atoms with Crippen molar-refractivity contribution in [3.8, 4) is 12.1 Å². The zero-order chi connectivity index (χ0) is 25.4. The minimum atomic E-state index is -1.37. The van der Waals surface area contributed by atoms with Crippen LogP contribution in [0.15, 0.2) is 59.6 Å². The number of hydrogen-bond donors (Lipinski definition) is 0. The Hall–Kier alpha value is -3.02. The van der Waals surface area contributed by atoms with Crippen molar-refractivity contribution >= 4 is 23.6 Å². The summed E-state index contributed by atoms with van der Waals surface area (Å²) in [6, 6.07) is 20.3. The van der Waals surface area contributed by atoms with Gasteiger partial charge >= 0.3 is 0 Å². The predicted octanol–water partition coefficient (Wildman–Crippen LogP) is 6.72. The van der Waals surface area contributed by atoms with Crippen molar-refractivity contribution in [2.45, 2.75) is 61.4 Å². The van der Waals surface area contributed by atoms with E-state index in [-0.39, 0.29) is 11.2 Å². The van der Waals surface area contributed by atoms with Gasteiger partial charge in [0.25, 0.3) is 0 Å². The van der Waals surface area contributed by atoms with Crippen LogP contribution in [0.5, 0.6) is 0 Å². The molecule has 2 heterocycles. The van der Waals surface area contributed by atoms with Gasteiger partial charge in [-0.1, -0.05) is 36.4 Å². The van der Waals surface area contributed by atoms with E-state index >= 15 is 4.79 Å². The van der Waals surface area contributed by atoms with E-state index in [9.17, 15) is 10.5 Å². The maximum atomic E-state index is 15.0. The summed E-state index contributed by atoms with van der Waals surface area (Å²) in [6.45, 7) is 0. The molecule has 8 rings (SSSR count). The number of Topliss-reactive ketones (excluding diaryl/α,β-unsaturated/α-hetero) is 1. The van der Waals surface area contributed by atoms with Gasteiger partial charge in [0.05, 0.1) is 24.2 Å². The molecule has 4 aliphatic carbocycles. The number of rotatable bonds is 4. The van der Waals surface area contributed by atoms with E-state index in [0.29, 0.717) is 17.8 Å². The van der Waals surface area contributed by atoms with Gasteiger partial charge in [-0.3, -0.25) is 4.79 Å². The Morgan fingerprint density at radius 1 is 0.973 bits per heavy atom. The molecule has 5 heteroatoms. The number of ketones is 1. The number of nitriles is 2. The van der Waals surface area contributed by atoms with Crippen LogP contribution in [0.1, 0.15) is 67.2 Å². The van der Waals surface area contributed by atoms with Crippen molar-refractivity contribution < 1.29 is 4.79 Å². The molecule has 5 fully saturated rings. The van der Waals surface area contributed by atoms with Gasteiger partial charge in [0, 0.05) is 22.4 Å². The van der Waals surface area contributed by atoms with Crippen LogP contribution in [-0.4, -0.2) is 23.0 Å². The van der Waals surface area contributed by atoms with Gasteiger partial charge in [0.15, 0.2) is 11.2 Å². The van der Waals surface area contributed by atoms with E-state index in [1.807, 2.05) is 48.9 Å². The average molecular weight is 506 g/mol. The number of carbonyl (C=O) groups excluding carboxylic acids is 1. The molecule has 6 aliphatic rings. The zero-order valence-corrected chi connectivity index (χ0v) is 22.0. The zero-order valence-electron chi connectivity index (χ0n) is 21.1. The van der Waals surface area contributed by atoms with Gasteiger partial charge in [-0.25, -0.2) is 0 Å². The Morgan fingerprint density at radius 3 is 2.30 bits per heavy atom. The summed E-state index contributed by atoms with van der Waals surface area (Å²) < 4.78 is 0. The standard InChI is InChI=1S/C32H31N3OS/c1-37-25-7-4-6-24(14-25)27-28(30(36)31-15-20-11-21(16-31)13-22(12-20)17-31)35-10-9-23-5-2-3-8-26(23)29(35)32(27,18-33)19-34/h2-10,14,20-22,27-29H,11-13,15-17H2,1H3/t20?,21?,22?,27-,28+,29-,31?/m1/s1. The van der Waals surface area contributed by atoms with E-state index in [2.05, 4.69) is 35.2 Å². The Kier molecular flexibility index (Phi) is 5.15. The van der Waals surface area contributed by atoms with Crippen LogP contribution in [0.4, 0.5) is 0 Å². The first kappa shape index (κ1) is 23.1. The maximum absolute atomic E-state index is 15.0. The molecule has 0 aromatic heterocycles. The maximum Gasteiger partial charge on any atom is 0.177 e. The van der Waals surface area contributed by atoms with Gasteiger partial charge < -0.3 is 4.90 Å². The van der Waals surface area contributed by atoms with Crippen molar-refractivity contribution in [1.82, 2.24) is 4.90 Å². The first-order valence-corrected chi connectivity index (χ1v) is 14.8. The number of hydrogen-bond acceptors (Lipinski definition) is 5. The van der Waals surface area contributed by atoms with Crippen molar-refractivity contribution in [2.24, 2.45) is 28.6 Å². The van der Waals surface area contributed by atoms with Crippen molar-refractivity contribution in [3.63, 3.8) is 0 Å². The molecule has 2 aromatic carbocycles. The summed E-state index contributed by atoms with van der Waals surface area (Å²) in [4.78, 5) is 18.2. The smallest absolute Gasteiger partial charge is 0.177 e. The first-order chi connectivity index (χ1) is 18.0. The van der Waals surface area contributed by atoms with Crippen LogP contribution in [0.3, 0.4) is 0 Å². The van der Waals surface area contributed by atoms with Crippen LogP contribution in [0.25, 0.3) is 6.08 Å². The second-order valence-corrected chi connectivity index (χ2v) is 13.0. The van der Waals surface area contributed by atoms with E-state index in [1.54, 1.807) is 11.8 Å². The molecule has 186 valence electrons. The summed E-state index contributed by atoms with van der Waals surface area (Å²) in [5.74, 6) is 1.73. The third-order valence-electron chi connectivity index (χ3n) is 10.2. The lowest BCUT2D eigenvalue weighted by Crippen LogP contribution is -2.55. The molecule has 0 N–H and O–H groups in total. The van der Waals surface area contributed by atoms with Crippen molar-refractivity contribution in [2.75, 3.05) is 6.26 Å². The third kappa shape index (κ3) is 3.17. The molecule has 3 atom stereocenters. The first-order valence-electron chi connectivity index (χ1n) is 13.6. The summed E-state index contributed by atoms with van der Waals surface area (Å²) in [6.07, 6.45) is 12.9. The van der Waals surface area contributed by atoms with Gasteiger partial charge in [-0.2, -0.15) is 10.5 Å². The molecule has 4 saturated carbocycles. The normalized spacial score (nSPS) is 35.9. The van der Waals surface area contributed by atoms with E-state index in [4.69, 9.17) is 0 Å². The topological polar surface area (TPSA) is 67.9 Å². The van der Waals surface area contributed by atoms with E-state index in [0.717, 1.165) is 40.8 Å². The van der Waals surface area contributed by atoms with Crippen LogP contribution in [0.2, 0.25) is 0 Å². The van der Waals surface area contributed by atoms with Crippen LogP contribution >= 0.6 is 11.8 Å². The van der Waals surface area contributed by atoms with Crippen molar-refractivity contribution in [1.29, 1.82) is 10.5 Å². The van der Waals surface area contributed by atoms with Gasteiger partial charge in [-0.05, 0) is 97.4 Å². The molecule has 2 aliphatic heterocycles. The minimum absolute atomic E-state index is 0.285. The highest BCUT2D eigenvalue weighted by Crippen LogP contribution is 2.65. The van der Waals surface area contributed by atoms with Gasteiger partial charge in [0.1, 0.15) is 0 Å². The molecule has 4 nitrogen and oxygen atoms in total.